The van der Waals surface area contributed by atoms with Gasteiger partial charge in [-0.3, -0.25) is 10.1 Å². The highest BCUT2D eigenvalue weighted by molar-refractivity contribution is 9.10. The minimum Gasteiger partial charge on any atom is -0.258 e. The monoisotopic (exact) mass is 281 g/mol. The van der Waals surface area contributed by atoms with Gasteiger partial charge in [0.2, 0.25) is 0 Å². The Hall–Kier alpha value is -1.56. The summed E-state index contributed by atoms with van der Waals surface area (Å²) in [7, 11) is 0. The van der Waals surface area contributed by atoms with Gasteiger partial charge >= 0.3 is 0 Å². The summed E-state index contributed by atoms with van der Waals surface area (Å²) in [5.41, 5.74) is 0.755. The zero-order valence-electron chi connectivity index (χ0n) is 8.48. The zero-order chi connectivity index (χ0) is 11.7. The third-order valence-electron chi connectivity index (χ3n) is 2.21. The maximum Gasteiger partial charge on any atom is 0.270 e. The maximum absolute atomic E-state index is 10.6. The fraction of sp³-hybridized carbons (Fsp3) is 0.200. The molecule has 0 radical (unpaired) electrons. The van der Waals surface area contributed by atoms with Gasteiger partial charge < -0.3 is 0 Å². The molecule has 1 aromatic carbocycles. The Bertz CT molecular complexity index is 571. The van der Waals surface area contributed by atoms with E-state index in [0.717, 1.165) is 6.42 Å². The Morgan fingerprint density at radius 1 is 1.44 bits per heavy atom. The minimum atomic E-state index is -0.431. The molecule has 2 aromatic rings. The number of hydrogen-bond acceptors (Lipinski definition) is 4. The summed E-state index contributed by atoms with van der Waals surface area (Å²) >= 11 is 3.30. The van der Waals surface area contributed by atoms with Crippen LogP contribution in [0.1, 0.15) is 12.7 Å². The summed E-state index contributed by atoms with van der Waals surface area (Å²) in [4.78, 5) is 18.7. The third-order valence-corrected chi connectivity index (χ3v) is 2.81. The quantitative estimate of drug-likeness (QED) is 0.482. The Balaban J connectivity index is 2.70. The lowest BCUT2D eigenvalue weighted by atomic mass is 10.2. The van der Waals surface area contributed by atoms with Crippen LogP contribution in [0.25, 0.3) is 10.9 Å². The summed E-state index contributed by atoms with van der Waals surface area (Å²) in [6.07, 6.45) is 0.728. The van der Waals surface area contributed by atoms with E-state index in [0.29, 0.717) is 21.3 Å². The number of aromatic nitrogens is 2. The lowest BCUT2D eigenvalue weighted by Crippen LogP contribution is -1.95. The number of nitro groups is 1. The first kappa shape index (κ1) is 10.9. The van der Waals surface area contributed by atoms with E-state index in [4.69, 9.17) is 0 Å². The molecule has 1 aromatic heterocycles. The van der Waals surface area contributed by atoms with Crippen molar-refractivity contribution in [2.24, 2.45) is 0 Å². The van der Waals surface area contributed by atoms with Crippen molar-refractivity contribution in [2.45, 2.75) is 13.3 Å². The van der Waals surface area contributed by atoms with Gasteiger partial charge in [-0.25, -0.2) is 9.97 Å². The van der Waals surface area contributed by atoms with Crippen molar-refractivity contribution in [3.63, 3.8) is 0 Å². The van der Waals surface area contributed by atoms with E-state index >= 15 is 0 Å². The fourth-order valence-electron chi connectivity index (χ4n) is 1.40. The van der Waals surface area contributed by atoms with Gasteiger partial charge in [-0.15, -0.1) is 0 Å². The van der Waals surface area contributed by atoms with Crippen molar-refractivity contribution in [2.75, 3.05) is 0 Å². The molecule has 0 aliphatic carbocycles. The second-order valence-electron chi connectivity index (χ2n) is 3.24. The number of benzene rings is 1. The molecular formula is C10H8BrN3O2. The Kier molecular flexibility index (Phi) is 2.82. The van der Waals surface area contributed by atoms with Gasteiger partial charge in [0, 0.05) is 23.9 Å². The molecule has 0 bridgehead atoms. The molecule has 0 atom stereocenters. The summed E-state index contributed by atoms with van der Waals surface area (Å²) in [6, 6.07) is 4.55. The number of fused-ring (bicyclic) bond motifs is 1. The van der Waals surface area contributed by atoms with E-state index in [1.165, 1.54) is 12.1 Å². The van der Waals surface area contributed by atoms with Gasteiger partial charge in [0.25, 0.3) is 5.69 Å². The predicted octanol–water partition coefficient (Wildman–Crippen LogP) is 2.86. The molecule has 0 aliphatic rings. The molecule has 1 heterocycles. The van der Waals surface area contributed by atoms with Gasteiger partial charge in [-0.2, -0.15) is 0 Å². The number of hydrogen-bond donors (Lipinski definition) is 0. The highest BCUT2D eigenvalue weighted by Gasteiger charge is 2.10. The summed E-state index contributed by atoms with van der Waals surface area (Å²) < 4.78 is 0.595. The summed E-state index contributed by atoms with van der Waals surface area (Å²) in [5, 5.41) is 11.3. The fourth-order valence-corrected chi connectivity index (χ4v) is 1.92. The molecule has 2 rings (SSSR count). The van der Waals surface area contributed by atoms with Gasteiger partial charge in [-0.05, 0) is 22.0 Å². The Morgan fingerprint density at radius 3 is 2.81 bits per heavy atom. The number of nitrogens with zero attached hydrogens (tertiary/aromatic N) is 3. The molecule has 0 spiro atoms. The van der Waals surface area contributed by atoms with Gasteiger partial charge in [0.05, 0.1) is 10.4 Å². The van der Waals surface area contributed by atoms with Crippen LogP contribution in [-0.2, 0) is 6.42 Å². The molecule has 0 saturated carbocycles. The van der Waals surface area contributed by atoms with Gasteiger partial charge in [0.15, 0.2) is 0 Å². The molecule has 5 nitrogen and oxygen atoms in total. The molecule has 16 heavy (non-hydrogen) atoms. The second kappa shape index (κ2) is 4.13. The lowest BCUT2D eigenvalue weighted by Gasteiger charge is -2.02. The molecular weight excluding hydrogens is 274 g/mol. The molecule has 0 saturated heterocycles. The first-order valence-corrected chi connectivity index (χ1v) is 5.51. The van der Waals surface area contributed by atoms with Crippen LogP contribution in [0.2, 0.25) is 0 Å². The summed E-state index contributed by atoms with van der Waals surface area (Å²) in [5.74, 6) is 0.716. The van der Waals surface area contributed by atoms with Crippen molar-refractivity contribution in [3.05, 3.63) is 38.7 Å². The molecule has 0 amide bonds. The molecule has 0 N–H and O–H groups in total. The van der Waals surface area contributed by atoms with Crippen LogP contribution < -0.4 is 0 Å². The Labute approximate surface area is 99.8 Å². The average molecular weight is 282 g/mol. The van der Waals surface area contributed by atoms with Crippen LogP contribution in [0.3, 0.4) is 0 Å². The summed E-state index contributed by atoms with van der Waals surface area (Å²) in [6.45, 7) is 1.96. The first-order valence-electron chi connectivity index (χ1n) is 4.72. The zero-order valence-corrected chi connectivity index (χ0v) is 10.1. The van der Waals surface area contributed by atoms with Gasteiger partial charge in [0.1, 0.15) is 10.4 Å². The standard InChI is InChI=1S/C10H8BrN3O2/c1-2-9-12-8-4-3-6(14(15)16)5-7(8)10(11)13-9/h3-5H,2H2,1H3. The van der Waals surface area contributed by atoms with Crippen LogP contribution in [-0.4, -0.2) is 14.9 Å². The van der Waals surface area contributed by atoms with Crippen LogP contribution in [0.15, 0.2) is 22.8 Å². The Morgan fingerprint density at radius 2 is 2.19 bits per heavy atom. The predicted molar refractivity (Wildman–Crippen MR) is 63.3 cm³/mol. The number of rotatable bonds is 2. The molecule has 6 heteroatoms. The number of aryl methyl sites for hydroxylation is 1. The van der Waals surface area contributed by atoms with Crippen molar-refractivity contribution in [1.82, 2.24) is 9.97 Å². The minimum absolute atomic E-state index is 0.0426. The van der Waals surface area contributed by atoms with Crippen molar-refractivity contribution >= 4 is 32.5 Å². The highest BCUT2D eigenvalue weighted by atomic mass is 79.9. The number of non-ortho nitro benzene ring substituents is 1. The van der Waals surface area contributed by atoms with Crippen LogP contribution >= 0.6 is 15.9 Å². The van der Waals surface area contributed by atoms with E-state index in [1.54, 1.807) is 6.07 Å². The molecule has 0 aliphatic heterocycles. The molecule has 0 unspecified atom stereocenters. The van der Waals surface area contributed by atoms with E-state index in [-0.39, 0.29) is 5.69 Å². The van der Waals surface area contributed by atoms with Crippen molar-refractivity contribution in [3.8, 4) is 0 Å². The number of nitro benzene ring substituents is 1. The molecule has 82 valence electrons. The van der Waals surface area contributed by atoms with Gasteiger partial charge in [-0.1, -0.05) is 6.92 Å². The second-order valence-corrected chi connectivity index (χ2v) is 3.99. The van der Waals surface area contributed by atoms with Crippen molar-refractivity contribution < 1.29 is 4.92 Å². The maximum atomic E-state index is 10.6. The average Bonchev–Trinajstić information content (AvgIpc) is 2.28. The lowest BCUT2D eigenvalue weighted by molar-refractivity contribution is -0.384. The van der Waals surface area contributed by atoms with E-state index in [9.17, 15) is 10.1 Å². The van der Waals surface area contributed by atoms with Crippen molar-refractivity contribution in [1.29, 1.82) is 0 Å². The van der Waals surface area contributed by atoms with E-state index in [2.05, 4.69) is 25.9 Å². The largest absolute Gasteiger partial charge is 0.270 e. The topological polar surface area (TPSA) is 68.9 Å². The van der Waals surface area contributed by atoms with Crippen LogP contribution in [0, 0.1) is 10.1 Å². The first-order chi connectivity index (χ1) is 7.61. The third kappa shape index (κ3) is 1.88. The van der Waals surface area contributed by atoms with E-state index in [1.807, 2.05) is 6.92 Å². The highest BCUT2D eigenvalue weighted by Crippen LogP contribution is 2.25. The SMILES string of the molecule is CCc1nc(Br)c2cc([N+](=O)[O-])ccc2n1. The molecule has 0 fully saturated rings. The number of halogens is 1. The normalized spacial score (nSPS) is 10.6. The van der Waals surface area contributed by atoms with E-state index < -0.39 is 4.92 Å². The van der Waals surface area contributed by atoms with Crippen LogP contribution in [0.4, 0.5) is 5.69 Å². The smallest absolute Gasteiger partial charge is 0.258 e. The van der Waals surface area contributed by atoms with Crippen LogP contribution in [0.5, 0.6) is 0 Å².